The second-order valence-electron chi connectivity index (χ2n) is 6.29. The number of hydrogen-bond acceptors (Lipinski definition) is 7. The number of carbonyl (C=O) groups is 4. The van der Waals surface area contributed by atoms with Gasteiger partial charge in [0.2, 0.25) is 0 Å². The van der Waals surface area contributed by atoms with Gasteiger partial charge in [0.25, 0.3) is 0 Å². The average Bonchev–Trinajstić information content (AvgIpc) is 2.71. The molecule has 0 fully saturated rings. The molecular formula is C21H18F2O7S. The summed E-state index contributed by atoms with van der Waals surface area (Å²) in [6, 6.07) is 6.44. The van der Waals surface area contributed by atoms with Gasteiger partial charge in [0.1, 0.15) is 28.7 Å². The highest BCUT2D eigenvalue weighted by molar-refractivity contribution is 8.14. The molecule has 0 radical (unpaired) electrons. The van der Waals surface area contributed by atoms with E-state index >= 15 is 0 Å². The highest BCUT2D eigenvalue weighted by atomic mass is 32.2. The van der Waals surface area contributed by atoms with Crippen LogP contribution in [0.1, 0.15) is 30.1 Å². The number of carboxylic acid groups (broad SMARTS) is 1. The van der Waals surface area contributed by atoms with E-state index in [0.717, 1.165) is 18.2 Å². The molecule has 2 rings (SSSR count). The maximum Gasteiger partial charge on any atom is 0.373 e. The minimum absolute atomic E-state index is 0.0269. The van der Waals surface area contributed by atoms with Gasteiger partial charge in [-0.15, -0.1) is 0 Å². The van der Waals surface area contributed by atoms with Crippen LogP contribution >= 0.6 is 11.8 Å². The van der Waals surface area contributed by atoms with Gasteiger partial charge in [-0.05, 0) is 48.5 Å². The van der Waals surface area contributed by atoms with Crippen LogP contribution in [0.25, 0.3) is 11.1 Å². The molecule has 0 amide bonds. The maximum absolute atomic E-state index is 14.0. The van der Waals surface area contributed by atoms with Crippen LogP contribution in [-0.2, 0) is 14.3 Å². The Morgan fingerprint density at radius 1 is 1.06 bits per heavy atom. The first kappa shape index (κ1) is 24.0. The number of carbonyl (C=O) groups excluding carboxylic acids is 3. The Bertz CT molecular complexity index is 1020. The zero-order valence-electron chi connectivity index (χ0n) is 16.5. The molecule has 7 nitrogen and oxygen atoms in total. The zero-order valence-corrected chi connectivity index (χ0v) is 17.3. The molecule has 0 spiro atoms. The number of Topliss-reactive ketones (excluding diaryl/α,β-unsaturated/α-hetero) is 1. The van der Waals surface area contributed by atoms with Gasteiger partial charge in [-0.3, -0.25) is 9.59 Å². The highest BCUT2D eigenvalue weighted by Crippen LogP contribution is 2.30. The topological polar surface area (TPSA) is 107 Å². The Labute approximate surface area is 180 Å². The molecule has 2 aromatic rings. The summed E-state index contributed by atoms with van der Waals surface area (Å²) in [5, 5.41) is 7.67. The van der Waals surface area contributed by atoms with Gasteiger partial charge in [0.05, 0.1) is 18.8 Å². The molecule has 0 heterocycles. The lowest BCUT2D eigenvalue weighted by Crippen LogP contribution is -2.18. The summed E-state index contributed by atoms with van der Waals surface area (Å²) in [7, 11) is 1.19. The number of carboxylic acids is 1. The van der Waals surface area contributed by atoms with Crippen molar-refractivity contribution < 1.29 is 42.5 Å². The average molecular weight is 452 g/mol. The summed E-state index contributed by atoms with van der Waals surface area (Å²) in [4.78, 5) is 46.8. The second-order valence-corrected chi connectivity index (χ2v) is 7.57. The summed E-state index contributed by atoms with van der Waals surface area (Å²) < 4.78 is 36.6. The number of ether oxygens (including phenoxy) is 2. The van der Waals surface area contributed by atoms with Gasteiger partial charge < -0.3 is 14.6 Å². The minimum atomic E-state index is -1.43. The van der Waals surface area contributed by atoms with Crippen molar-refractivity contribution in [3.8, 4) is 16.9 Å². The van der Waals surface area contributed by atoms with E-state index < -0.39 is 39.7 Å². The van der Waals surface area contributed by atoms with E-state index in [4.69, 9.17) is 4.74 Å². The third-order valence-electron chi connectivity index (χ3n) is 4.18. The number of benzene rings is 2. The third kappa shape index (κ3) is 6.61. The number of ketones is 1. The fourth-order valence-electron chi connectivity index (χ4n) is 2.53. The van der Waals surface area contributed by atoms with E-state index in [0.29, 0.717) is 17.8 Å². The first-order chi connectivity index (χ1) is 14.6. The maximum atomic E-state index is 14.0. The van der Waals surface area contributed by atoms with Gasteiger partial charge in [-0.1, -0.05) is 6.07 Å². The Balaban J connectivity index is 2.13. The first-order valence-corrected chi connectivity index (χ1v) is 9.81. The lowest BCUT2D eigenvalue weighted by molar-refractivity contribution is -0.141. The lowest BCUT2D eigenvalue weighted by atomic mass is 10.0. The van der Waals surface area contributed by atoms with Crippen molar-refractivity contribution in [1.29, 1.82) is 0 Å². The standard InChI is InChI=1S/C21H18F2O7S/c1-11(17(24)6-8-19(25)29-2)31-21(28)30-18-7-3-12(9-15(18)20(26)27)14-5-4-13(22)10-16(14)23/h3-5,7,9-11H,6,8H2,1-2H3,(H,26,27). The van der Waals surface area contributed by atoms with Crippen LogP contribution in [0.2, 0.25) is 0 Å². The number of hydrogen-bond donors (Lipinski definition) is 1. The Morgan fingerprint density at radius 2 is 1.77 bits per heavy atom. The molecule has 0 aliphatic heterocycles. The summed E-state index contributed by atoms with van der Waals surface area (Å²) in [6.07, 6.45) is -0.244. The Kier molecular flexibility index (Phi) is 8.26. The van der Waals surface area contributed by atoms with Gasteiger partial charge in [0.15, 0.2) is 0 Å². The van der Waals surface area contributed by atoms with Crippen LogP contribution in [0.3, 0.4) is 0 Å². The van der Waals surface area contributed by atoms with Gasteiger partial charge in [-0.2, -0.15) is 0 Å². The van der Waals surface area contributed by atoms with E-state index in [9.17, 15) is 33.1 Å². The highest BCUT2D eigenvalue weighted by Gasteiger charge is 2.22. The van der Waals surface area contributed by atoms with Crippen molar-refractivity contribution in [2.75, 3.05) is 7.11 Å². The minimum Gasteiger partial charge on any atom is -0.478 e. The van der Waals surface area contributed by atoms with Gasteiger partial charge >= 0.3 is 17.2 Å². The van der Waals surface area contributed by atoms with Crippen molar-refractivity contribution in [1.82, 2.24) is 0 Å². The summed E-state index contributed by atoms with van der Waals surface area (Å²) in [6.45, 7) is 1.45. The smallest absolute Gasteiger partial charge is 0.373 e. The first-order valence-electron chi connectivity index (χ1n) is 8.93. The summed E-state index contributed by atoms with van der Waals surface area (Å²) in [5.41, 5.74) is -0.297. The van der Waals surface area contributed by atoms with Crippen LogP contribution < -0.4 is 4.74 Å². The van der Waals surface area contributed by atoms with Crippen molar-refractivity contribution >= 4 is 34.8 Å². The molecule has 0 aromatic heterocycles. The Hall–Kier alpha value is -3.27. The molecule has 1 atom stereocenters. The number of thioether (sulfide) groups is 1. The van der Waals surface area contributed by atoms with Crippen LogP contribution in [0, 0.1) is 11.6 Å². The molecular weight excluding hydrogens is 434 g/mol. The molecule has 31 heavy (non-hydrogen) atoms. The van der Waals surface area contributed by atoms with Crippen LogP contribution in [0.15, 0.2) is 36.4 Å². The predicted octanol–water partition coefficient (Wildman–Crippen LogP) is 4.47. The second kappa shape index (κ2) is 10.7. The van der Waals surface area contributed by atoms with Crippen molar-refractivity contribution in [2.45, 2.75) is 25.0 Å². The molecule has 164 valence electrons. The lowest BCUT2D eigenvalue weighted by Gasteiger charge is -2.12. The van der Waals surface area contributed by atoms with Gasteiger partial charge in [-0.25, -0.2) is 18.4 Å². The van der Waals surface area contributed by atoms with Crippen LogP contribution in [-0.4, -0.2) is 40.5 Å². The SMILES string of the molecule is COC(=O)CCC(=O)C(C)SC(=O)Oc1ccc(-c2ccc(F)cc2F)cc1C(=O)O. The Morgan fingerprint density at radius 3 is 2.39 bits per heavy atom. The normalized spacial score (nSPS) is 11.5. The monoisotopic (exact) mass is 452 g/mol. The molecule has 1 N–H and O–H groups in total. The fraction of sp³-hybridized carbons (Fsp3) is 0.238. The largest absolute Gasteiger partial charge is 0.478 e. The summed E-state index contributed by atoms with van der Waals surface area (Å²) >= 11 is 0.529. The fourth-order valence-corrected chi connectivity index (χ4v) is 3.21. The molecule has 10 heteroatoms. The van der Waals surface area contributed by atoms with Crippen LogP contribution in [0.4, 0.5) is 13.6 Å². The van der Waals surface area contributed by atoms with Crippen LogP contribution in [0.5, 0.6) is 5.75 Å². The molecule has 0 saturated carbocycles. The number of methoxy groups -OCH3 is 1. The number of rotatable bonds is 8. The van der Waals surface area contributed by atoms with E-state index in [2.05, 4.69) is 4.74 Å². The molecule has 0 aliphatic rings. The predicted molar refractivity (Wildman–Crippen MR) is 108 cm³/mol. The molecule has 0 bridgehead atoms. The van der Waals surface area contributed by atoms with Gasteiger partial charge in [0, 0.05) is 18.1 Å². The number of halogens is 2. The molecule has 2 aromatic carbocycles. The molecule has 0 aliphatic carbocycles. The number of aromatic carboxylic acids is 1. The summed E-state index contributed by atoms with van der Waals surface area (Å²) in [5.74, 6) is -4.33. The molecule has 0 saturated heterocycles. The van der Waals surface area contributed by atoms with Crippen molar-refractivity contribution in [3.63, 3.8) is 0 Å². The van der Waals surface area contributed by atoms with E-state index in [-0.39, 0.29) is 35.5 Å². The van der Waals surface area contributed by atoms with E-state index in [1.807, 2.05) is 0 Å². The number of esters is 1. The quantitative estimate of drug-likeness (QED) is 0.585. The van der Waals surface area contributed by atoms with E-state index in [1.165, 1.54) is 26.2 Å². The van der Waals surface area contributed by atoms with Crippen molar-refractivity contribution in [2.24, 2.45) is 0 Å². The molecule has 1 unspecified atom stereocenters. The van der Waals surface area contributed by atoms with E-state index in [1.54, 1.807) is 0 Å². The third-order valence-corrected chi connectivity index (χ3v) is 5.07. The zero-order chi connectivity index (χ0) is 23.1. The van der Waals surface area contributed by atoms with Crippen molar-refractivity contribution in [3.05, 3.63) is 53.6 Å².